The van der Waals surface area contributed by atoms with Crippen molar-refractivity contribution >= 4 is 23.9 Å². The molecule has 6 atom stereocenters. The highest BCUT2D eigenvalue weighted by atomic mass is 16.4. The van der Waals surface area contributed by atoms with Crippen molar-refractivity contribution in [2.75, 3.05) is 0 Å². The molecule has 2 aliphatic heterocycles. The first-order valence-corrected chi connectivity index (χ1v) is 9.83. The molecule has 2 saturated heterocycles. The molecule has 4 N–H and O–H groups in total. The molecule has 0 bridgehead atoms. The van der Waals surface area contributed by atoms with E-state index in [9.17, 15) is 39.6 Å². The first-order chi connectivity index (χ1) is 15.3. The summed E-state index contributed by atoms with van der Waals surface area (Å²) in [6.45, 7) is 0. The summed E-state index contributed by atoms with van der Waals surface area (Å²) in [7, 11) is 0. The van der Waals surface area contributed by atoms with E-state index in [1.54, 1.807) is 60.7 Å². The molecule has 10 heteroatoms. The normalized spacial score (nSPS) is 30.0. The Morgan fingerprint density at radius 3 is 1.09 bits per heavy atom. The highest BCUT2D eigenvalue weighted by Gasteiger charge is 2.68. The lowest BCUT2D eigenvalue weighted by Crippen LogP contribution is -2.46. The second-order valence-electron chi connectivity index (χ2n) is 7.77. The molecule has 0 radical (unpaired) electrons. The van der Waals surface area contributed by atoms with Crippen LogP contribution in [0.5, 0.6) is 0 Å². The van der Waals surface area contributed by atoms with E-state index >= 15 is 0 Å². The molecule has 2 fully saturated rings. The van der Waals surface area contributed by atoms with E-state index < -0.39 is 59.9 Å². The van der Waals surface area contributed by atoms with Crippen LogP contribution in [0.15, 0.2) is 60.7 Å². The fourth-order valence-corrected chi connectivity index (χ4v) is 5.02. The summed E-state index contributed by atoms with van der Waals surface area (Å²) >= 11 is 0. The van der Waals surface area contributed by atoms with Crippen molar-refractivity contribution in [3.05, 3.63) is 71.8 Å². The van der Waals surface area contributed by atoms with E-state index in [-0.39, 0.29) is 0 Å². The van der Waals surface area contributed by atoms with Gasteiger partial charge in [-0.2, -0.15) is 0 Å². The van der Waals surface area contributed by atoms with Gasteiger partial charge in [0.2, 0.25) is 0 Å². The highest BCUT2D eigenvalue weighted by Crippen LogP contribution is 2.55. The SMILES string of the molecule is O=C(O)[C@@H]1[C@@H](C(=O)O)N2[C@@H](c3ccccc3)[C@H](C(=O)O)[C@H](C(=O)O)N2[C@@H]1c1ccccc1. The Bertz CT molecular complexity index is 975. The second kappa shape index (κ2) is 8.06. The monoisotopic (exact) mass is 440 g/mol. The largest absolute Gasteiger partial charge is 0.481 e. The molecule has 0 amide bonds. The highest BCUT2D eigenvalue weighted by molar-refractivity contribution is 5.88. The fourth-order valence-electron chi connectivity index (χ4n) is 5.02. The van der Waals surface area contributed by atoms with Gasteiger partial charge in [-0.1, -0.05) is 60.7 Å². The van der Waals surface area contributed by atoms with Crippen molar-refractivity contribution < 1.29 is 39.6 Å². The second-order valence-corrected chi connectivity index (χ2v) is 7.77. The summed E-state index contributed by atoms with van der Waals surface area (Å²) in [4.78, 5) is 49.3. The molecule has 2 heterocycles. The molecular weight excluding hydrogens is 420 g/mol. The van der Waals surface area contributed by atoms with Crippen LogP contribution in [0.4, 0.5) is 0 Å². The number of carboxylic acid groups (broad SMARTS) is 4. The maximum Gasteiger partial charge on any atom is 0.323 e. The lowest BCUT2D eigenvalue weighted by atomic mass is 9.82. The van der Waals surface area contributed by atoms with Crippen LogP contribution in [-0.4, -0.2) is 66.4 Å². The Balaban J connectivity index is 2.00. The van der Waals surface area contributed by atoms with Crippen LogP contribution in [0.25, 0.3) is 0 Å². The molecule has 0 aromatic heterocycles. The average Bonchev–Trinajstić information content (AvgIpc) is 3.27. The van der Waals surface area contributed by atoms with Crippen molar-refractivity contribution in [3.63, 3.8) is 0 Å². The minimum absolute atomic E-state index is 0.387. The average molecular weight is 440 g/mol. The molecular formula is C22H20N2O8. The van der Waals surface area contributed by atoms with Gasteiger partial charge in [-0.3, -0.25) is 19.2 Å². The van der Waals surface area contributed by atoms with Gasteiger partial charge in [0.05, 0.1) is 12.1 Å². The van der Waals surface area contributed by atoms with E-state index in [1.165, 1.54) is 0 Å². The number of carboxylic acids is 4. The molecule has 0 aliphatic carbocycles. The summed E-state index contributed by atoms with van der Waals surface area (Å²) < 4.78 is 0. The predicted octanol–water partition coefficient (Wildman–Crippen LogP) is 1.32. The summed E-state index contributed by atoms with van der Waals surface area (Å²) in [6, 6.07) is 10.5. The number of hydrazine groups is 1. The Labute approximate surface area is 181 Å². The Hall–Kier alpha value is -3.76. The molecule has 32 heavy (non-hydrogen) atoms. The van der Waals surface area contributed by atoms with E-state index in [4.69, 9.17) is 0 Å². The Morgan fingerprint density at radius 1 is 0.531 bits per heavy atom. The summed E-state index contributed by atoms with van der Waals surface area (Å²) in [5, 5.41) is 42.3. The van der Waals surface area contributed by atoms with Crippen molar-refractivity contribution in [2.45, 2.75) is 24.2 Å². The fraction of sp³-hybridized carbons (Fsp3) is 0.273. The minimum atomic E-state index is -1.67. The van der Waals surface area contributed by atoms with Crippen LogP contribution in [-0.2, 0) is 19.2 Å². The zero-order valence-electron chi connectivity index (χ0n) is 16.6. The third-order valence-corrected chi connectivity index (χ3v) is 6.13. The smallest absolute Gasteiger partial charge is 0.323 e. The van der Waals surface area contributed by atoms with Crippen molar-refractivity contribution in [2.24, 2.45) is 11.8 Å². The number of benzene rings is 2. The predicted molar refractivity (Wildman–Crippen MR) is 107 cm³/mol. The quantitative estimate of drug-likeness (QED) is 0.517. The number of fused-ring (bicyclic) bond motifs is 1. The van der Waals surface area contributed by atoms with Crippen LogP contribution < -0.4 is 0 Å². The van der Waals surface area contributed by atoms with Gasteiger partial charge in [-0.25, -0.2) is 10.0 Å². The topological polar surface area (TPSA) is 156 Å². The first kappa shape index (κ1) is 21.5. The van der Waals surface area contributed by atoms with Crippen LogP contribution in [0.3, 0.4) is 0 Å². The molecule has 0 spiro atoms. The zero-order chi connectivity index (χ0) is 23.2. The molecule has 10 nitrogen and oxygen atoms in total. The maximum atomic E-state index is 12.3. The molecule has 2 aromatic rings. The van der Waals surface area contributed by atoms with Crippen LogP contribution >= 0.6 is 0 Å². The number of rotatable bonds is 6. The van der Waals surface area contributed by atoms with Gasteiger partial charge in [0.25, 0.3) is 0 Å². The van der Waals surface area contributed by atoms with Crippen LogP contribution in [0.2, 0.25) is 0 Å². The van der Waals surface area contributed by atoms with Crippen molar-refractivity contribution in [1.82, 2.24) is 10.0 Å². The van der Waals surface area contributed by atoms with Gasteiger partial charge < -0.3 is 20.4 Å². The van der Waals surface area contributed by atoms with Gasteiger partial charge in [0.1, 0.15) is 23.9 Å². The minimum Gasteiger partial charge on any atom is -0.481 e. The maximum absolute atomic E-state index is 12.3. The summed E-state index contributed by atoms with van der Waals surface area (Å²) in [6.07, 6.45) is 0. The summed E-state index contributed by atoms with van der Waals surface area (Å²) in [5.74, 6) is -8.84. The van der Waals surface area contributed by atoms with E-state index in [2.05, 4.69) is 0 Å². The first-order valence-electron chi connectivity index (χ1n) is 9.83. The number of nitrogens with zero attached hydrogens (tertiary/aromatic N) is 2. The standard InChI is InChI=1S/C22H20N2O8/c25-19(26)13-15(11-7-3-1-4-8-11)23-18(22(31)32)14(20(27)28)16(12-9-5-2-6-10-12)24(23)17(13)21(29)30/h1-10,13-18H,(H,25,26)(H,27,28)(H,29,30)(H,31,32)/t13-,14-,15-,16+,17+,18-/m0/s1. The molecule has 0 unspecified atom stereocenters. The Morgan fingerprint density at radius 2 is 0.844 bits per heavy atom. The van der Waals surface area contributed by atoms with E-state index in [1.807, 2.05) is 0 Å². The molecule has 166 valence electrons. The third-order valence-electron chi connectivity index (χ3n) is 6.13. The Kier molecular flexibility index (Phi) is 5.41. The van der Waals surface area contributed by atoms with Crippen molar-refractivity contribution in [1.29, 1.82) is 0 Å². The molecule has 2 aliphatic rings. The van der Waals surface area contributed by atoms with Gasteiger partial charge in [-0.15, -0.1) is 0 Å². The van der Waals surface area contributed by atoms with Gasteiger partial charge in [0, 0.05) is 0 Å². The zero-order valence-corrected chi connectivity index (χ0v) is 16.6. The van der Waals surface area contributed by atoms with Crippen molar-refractivity contribution in [3.8, 4) is 0 Å². The lowest BCUT2D eigenvalue weighted by Gasteiger charge is -2.31. The van der Waals surface area contributed by atoms with E-state index in [0.717, 1.165) is 10.0 Å². The number of carbonyl (C=O) groups is 4. The molecule has 0 saturated carbocycles. The van der Waals surface area contributed by atoms with Crippen LogP contribution in [0, 0.1) is 11.8 Å². The summed E-state index contributed by atoms with van der Waals surface area (Å²) in [5.41, 5.74) is 0.774. The van der Waals surface area contributed by atoms with Gasteiger partial charge in [0.15, 0.2) is 0 Å². The number of hydrogen-bond donors (Lipinski definition) is 4. The number of aliphatic carboxylic acids is 4. The number of hydrogen-bond acceptors (Lipinski definition) is 6. The van der Waals surface area contributed by atoms with E-state index in [0.29, 0.717) is 11.1 Å². The molecule has 4 rings (SSSR count). The van der Waals surface area contributed by atoms with Gasteiger partial charge in [-0.05, 0) is 11.1 Å². The third kappa shape index (κ3) is 3.20. The van der Waals surface area contributed by atoms with Gasteiger partial charge >= 0.3 is 23.9 Å². The molecule has 2 aromatic carbocycles. The van der Waals surface area contributed by atoms with Crippen LogP contribution in [0.1, 0.15) is 23.2 Å². The lowest BCUT2D eigenvalue weighted by molar-refractivity contribution is -0.156.